The van der Waals surface area contributed by atoms with E-state index in [9.17, 15) is 10.1 Å². The lowest BCUT2D eigenvalue weighted by Gasteiger charge is -2.35. The molecule has 0 aliphatic carbocycles. The van der Waals surface area contributed by atoms with Crippen LogP contribution in [0.2, 0.25) is 0 Å². The lowest BCUT2D eigenvalue weighted by Crippen LogP contribution is -2.54. The summed E-state index contributed by atoms with van der Waals surface area (Å²) in [7, 11) is 0. The Morgan fingerprint density at radius 1 is 1.39 bits per heavy atom. The molecule has 0 aromatic carbocycles. The molecule has 1 amide bonds. The lowest BCUT2D eigenvalue weighted by molar-refractivity contribution is -0.124. The smallest absolute Gasteiger partial charge is 0.235 e. The van der Waals surface area contributed by atoms with Crippen LogP contribution in [0.25, 0.3) is 0 Å². The summed E-state index contributed by atoms with van der Waals surface area (Å²) in [4.78, 5) is 20.9. The van der Waals surface area contributed by atoms with E-state index in [1.54, 1.807) is 13.1 Å². The number of piperazine rings is 1. The molecule has 1 saturated heterocycles. The van der Waals surface area contributed by atoms with E-state index >= 15 is 0 Å². The van der Waals surface area contributed by atoms with E-state index in [1.165, 1.54) is 0 Å². The number of nitriles is 1. The number of amides is 1. The van der Waals surface area contributed by atoms with Gasteiger partial charge in [-0.1, -0.05) is 19.9 Å². The van der Waals surface area contributed by atoms with Crippen molar-refractivity contribution in [1.29, 1.82) is 5.26 Å². The van der Waals surface area contributed by atoms with Crippen molar-refractivity contribution in [2.24, 2.45) is 5.92 Å². The van der Waals surface area contributed by atoms with Gasteiger partial charge in [0.15, 0.2) is 0 Å². The monoisotopic (exact) mass is 315 g/mol. The molecule has 2 rings (SSSR count). The van der Waals surface area contributed by atoms with Crippen molar-refractivity contribution < 1.29 is 4.79 Å². The van der Waals surface area contributed by atoms with Crippen LogP contribution in [-0.4, -0.2) is 54.1 Å². The molecule has 1 atom stereocenters. The number of anilines is 1. The third-order valence-corrected chi connectivity index (χ3v) is 4.50. The van der Waals surface area contributed by atoms with E-state index in [1.807, 2.05) is 32.0 Å². The molecule has 6 nitrogen and oxygen atoms in total. The van der Waals surface area contributed by atoms with Gasteiger partial charge in [0.1, 0.15) is 11.4 Å². The number of rotatable bonds is 5. The first-order valence-corrected chi connectivity index (χ1v) is 8.05. The van der Waals surface area contributed by atoms with Crippen LogP contribution in [-0.2, 0) is 4.79 Å². The van der Waals surface area contributed by atoms with Crippen molar-refractivity contribution in [3.8, 4) is 6.07 Å². The number of carbonyl (C=O) groups excluding carboxylic acids is 1. The first-order valence-electron chi connectivity index (χ1n) is 8.05. The van der Waals surface area contributed by atoms with Gasteiger partial charge in [0.05, 0.1) is 12.6 Å². The number of nitrogens with one attached hydrogen (secondary N) is 1. The Balaban J connectivity index is 1.82. The lowest BCUT2D eigenvalue weighted by atomic mass is 9.90. The normalized spacial score (nSPS) is 18.3. The fourth-order valence-corrected chi connectivity index (χ4v) is 2.51. The molecule has 0 radical (unpaired) electrons. The number of nitrogens with zero attached hydrogens (tertiary/aromatic N) is 4. The van der Waals surface area contributed by atoms with E-state index in [0.29, 0.717) is 6.54 Å². The molecule has 0 bridgehead atoms. The zero-order valence-corrected chi connectivity index (χ0v) is 14.1. The molecule has 23 heavy (non-hydrogen) atoms. The van der Waals surface area contributed by atoms with Gasteiger partial charge in [-0.05, 0) is 25.0 Å². The molecule has 124 valence electrons. The fraction of sp³-hybridized carbons (Fsp3) is 0.588. The van der Waals surface area contributed by atoms with E-state index < -0.39 is 5.54 Å². The molecule has 0 saturated carbocycles. The zero-order chi connectivity index (χ0) is 16.9. The van der Waals surface area contributed by atoms with Crippen LogP contribution in [0.1, 0.15) is 20.8 Å². The summed E-state index contributed by atoms with van der Waals surface area (Å²) in [5.41, 5.74) is -0.813. The van der Waals surface area contributed by atoms with Gasteiger partial charge in [0.2, 0.25) is 5.91 Å². The fourth-order valence-electron chi connectivity index (χ4n) is 2.51. The number of pyridine rings is 1. The summed E-state index contributed by atoms with van der Waals surface area (Å²) >= 11 is 0. The molecule has 1 N–H and O–H groups in total. The summed E-state index contributed by atoms with van der Waals surface area (Å²) in [5.74, 6) is 0.958. The molecule has 0 spiro atoms. The largest absolute Gasteiger partial charge is 0.354 e. The number of hydrogen-bond acceptors (Lipinski definition) is 5. The second kappa shape index (κ2) is 7.42. The molecule has 1 aliphatic rings. The summed E-state index contributed by atoms with van der Waals surface area (Å²) in [6.45, 7) is 9.32. The van der Waals surface area contributed by atoms with E-state index in [0.717, 1.165) is 32.0 Å². The number of carbonyl (C=O) groups is 1. The molecule has 1 aromatic heterocycles. The molecule has 2 heterocycles. The summed E-state index contributed by atoms with van der Waals surface area (Å²) in [5, 5.41) is 12.1. The van der Waals surface area contributed by atoms with Gasteiger partial charge in [0, 0.05) is 32.4 Å². The van der Waals surface area contributed by atoms with Crippen LogP contribution in [0.5, 0.6) is 0 Å². The highest BCUT2D eigenvalue weighted by Gasteiger charge is 2.30. The van der Waals surface area contributed by atoms with Crippen LogP contribution in [0.3, 0.4) is 0 Å². The zero-order valence-electron chi connectivity index (χ0n) is 14.1. The van der Waals surface area contributed by atoms with Crippen molar-refractivity contribution in [2.75, 3.05) is 37.6 Å². The highest BCUT2D eigenvalue weighted by molar-refractivity contribution is 5.79. The van der Waals surface area contributed by atoms with Crippen molar-refractivity contribution in [1.82, 2.24) is 15.2 Å². The van der Waals surface area contributed by atoms with Crippen molar-refractivity contribution in [3.05, 3.63) is 24.4 Å². The third kappa shape index (κ3) is 4.42. The van der Waals surface area contributed by atoms with Gasteiger partial charge in [-0.3, -0.25) is 9.69 Å². The average Bonchev–Trinajstić information content (AvgIpc) is 2.56. The first-order chi connectivity index (χ1) is 10.9. The second-order valence-corrected chi connectivity index (χ2v) is 6.47. The first kappa shape index (κ1) is 17.2. The molecular formula is C17H25N5O. The minimum Gasteiger partial charge on any atom is -0.354 e. The van der Waals surface area contributed by atoms with E-state index in [-0.39, 0.29) is 11.8 Å². The maximum atomic E-state index is 12.2. The quantitative estimate of drug-likeness (QED) is 0.885. The molecule has 6 heteroatoms. The number of hydrogen-bond donors (Lipinski definition) is 1. The van der Waals surface area contributed by atoms with Gasteiger partial charge in [0.25, 0.3) is 0 Å². The predicted octanol–water partition coefficient (Wildman–Crippen LogP) is 1.26. The highest BCUT2D eigenvalue weighted by Crippen LogP contribution is 2.15. The van der Waals surface area contributed by atoms with E-state index in [4.69, 9.17) is 0 Å². The minimum atomic E-state index is -0.813. The van der Waals surface area contributed by atoms with Gasteiger partial charge in [-0.25, -0.2) is 4.98 Å². The Kier molecular flexibility index (Phi) is 5.56. The Hall–Kier alpha value is -2.13. The average molecular weight is 315 g/mol. The molecule has 1 fully saturated rings. The van der Waals surface area contributed by atoms with Crippen LogP contribution in [0, 0.1) is 17.2 Å². The van der Waals surface area contributed by atoms with E-state index in [2.05, 4.69) is 26.2 Å². The van der Waals surface area contributed by atoms with Crippen molar-refractivity contribution in [2.45, 2.75) is 26.3 Å². The molecule has 1 aromatic rings. The van der Waals surface area contributed by atoms with Crippen molar-refractivity contribution >= 4 is 11.7 Å². The Bertz CT molecular complexity index is 560. The van der Waals surface area contributed by atoms with Gasteiger partial charge >= 0.3 is 0 Å². The summed E-state index contributed by atoms with van der Waals surface area (Å²) < 4.78 is 0. The maximum Gasteiger partial charge on any atom is 0.235 e. The highest BCUT2D eigenvalue weighted by atomic mass is 16.2. The van der Waals surface area contributed by atoms with Crippen LogP contribution < -0.4 is 10.2 Å². The minimum absolute atomic E-state index is 0.0671. The molecular weight excluding hydrogens is 290 g/mol. The molecule has 0 unspecified atom stereocenters. The second-order valence-electron chi connectivity index (χ2n) is 6.47. The van der Waals surface area contributed by atoms with Crippen LogP contribution >= 0.6 is 0 Å². The Labute approximate surface area is 138 Å². The summed E-state index contributed by atoms with van der Waals surface area (Å²) in [6, 6.07) is 8.10. The van der Waals surface area contributed by atoms with Gasteiger partial charge < -0.3 is 10.2 Å². The SMILES string of the molecule is CC(C)[C@@](C)(C#N)NC(=O)CN1CCN(c2ccccn2)CC1. The van der Waals surface area contributed by atoms with Crippen LogP contribution in [0.15, 0.2) is 24.4 Å². The Morgan fingerprint density at radius 2 is 2.09 bits per heavy atom. The van der Waals surface area contributed by atoms with Crippen molar-refractivity contribution in [3.63, 3.8) is 0 Å². The van der Waals surface area contributed by atoms with Gasteiger partial charge in [-0.15, -0.1) is 0 Å². The molecule has 1 aliphatic heterocycles. The van der Waals surface area contributed by atoms with Crippen LogP contribution in [0.4, 0.5) is 5.82 Å². The topological polar surface area (TPSA) is 72.3 Å². The third-order valence-electron chi connectivity index (χ3n) is 4.50. The maximum absolute atomic E-state index is 12.2. The Morgan fingerprint density at radius 3 is 2.61 bits per heavy atom. The number of aromatic nitrogens is 1. The van der Waals surface area contributed by atoms with Gasteiger partial charge in [-0.2, -0.15) is 5.26 Å². The standard InChI is InChI=1S/C17H25N5O/c1-14(2)17(3,13-18)20-16(23)12-21-8-10-22(11-9-21)15-6-4-5-7-19-15/h4-7,14H,8-12H2,1-3H3,(H,20,23)/t17-/m1/s1. The predicted molar refractivity (Wildman–Crippen MR) is 89.9 cm³/mol. The summed E-state index contributed by atoms with van der Waals surface area (Å²) in [6.07, 6.45) is 1.80.